The summed E-state index contributed by atoms with van der Waals surface area (Å²) in [7, 11) is 1.92. The average molecular weight is 177 g/mol. The van der Waals surface area contributed by atoms with Crippen LogP contribution in [0.5, 0.6) is 0 Å². The number of nitrogens with one attached hydrogen (secondary N) is 2. The minimum Gasteiger partial charge on any atom is -0.328 e. The lowest BCUT2D eigenvalue weighted by Gasteiger charge is -2.06. The fraction of sp³-hybridized carbons (Fsp3) is 1.00. The van der Waals surface area contributed by atoms with E-state index in [1.807, 2.05) is 7.05 Å². The van der Waals surface area contributed by atoms with Crippen molar-refractivity contribution < 1.29 is 4.39 Å². The van der Waals surface area contributed by atoms with Crippen molar-refractivity contribution >= 4 is 0 Å². The van der Waals surface area contributed by atoms with Gasteiger partial charge in [-0.05, 0) is 39.5 Å². The van der Waals surface area contributed by atoms with E-state index in [0.29, 0.717) is 6.42 Å². The van der Waals surface area contributed by atoms with Gasteiger partial charge in [0.05, 0.1) is 0 Å². The summed E-state index contributed by atoms with van der Waals surface area (Å²) in [5, 5.41) is 6.19. The van der Waals surface area contributed by atoms with Gasteiger partial charge in [0.1, 0.15) is 6.17 Å². The molecule has 4 N–H and O–H groups in total. The minimum atomic E-state index is -0.846. The van der Waals surface area contributed by atoms with E-state index >= 15 is 0 Å². The highest BCUT2D eigenvalue weighted by Gasteiger charge is 2.00. The van der Waals surface area contributed by atoms with Gasteiger partial charge in [-0.3, -0.25) is 0 Å². The molecule has 1 atom stereocenters. The summed E-state index contributed by atoms with van der Waals surface area (Å²) >= 11 is 0. The molecule has 0 aromatic rings. The molecule has 0 amide bonds. The first-order valence-corrected chi connectivity index (χ1v) is 4.50. The molecular weight excluding hydrogens is 157 g/mol. The molecule has 0 radical (unpaired) electrons. The van der Waals surface area contributed by atoms with Gasteiger partial charge in [0, 0.05) is 6.54 Å². The number of rotatable bonds is 8. The van der Waals surface area contributed by atoms with Gasteiger partial charge >= 0.3 is 0 Å². The lowest BCUT2D eigenvalue weighted by atomic mass is 10.3. The normalized spacial score (nSPS) is 13.2. The Bertz CT molecular complexity index is 90.4. The first-order valence-electron chi connectivity index (χ1n) is 4.50. The van der Waals surface area contributed by atoms with E-state index in [9.17, 15) is 4.39 Å². The molecule has 0 aliphatic heterocycles. The van der Waals surface area contributed by atoms with E-state index in [2.05, 4.69) is 10.6 Å². The molecule has 0 aliphatic carbocycles. The van der Waals surface area contributed by atoms with Crippen LogP contribution in [-0.4, -0.2) is 39.4 Å². The second kappa shape index (κ2) is 8.90. The standard InChI is InChI=1S/C8H20FN3/c1-11-4-2-5-12-6-3-8(9)7-10/h8,11-12H,2-7,10H2,1H3. The summed E-state index contributed by atoms with van der Waals surface area (Å²) in [5.74, 6) is 0. The smallest absolute Gasteiger partial charge is 0.113 e. The lowest BCUT2D eigenvalue weighted by molar-refractivity contribution is 0.318. The van der Waals surface area contributed by atoms with Crippen LogP contribution in [0, 0.1) is 0 Å². The largest absolute Gasteiger partial charge is 0.328 e. The van der Waals surface area contributed by atoms with Gasteiger partial charge in [-0.15, -0.1) is 0 Å². The highest BCUT2D eigenvalue weighted by atomic mass is 19.1. The highest BCUT2D eigenvalue weighted by molar-refractivity contribution is 4.58. The SMILES string of the molecule is CNCCCNCCC(F)CN. The summed E-state index contributed by atoms with van der Waals surface area (Å²) < 4.78 is 12.5. The molecule has 0 bridgehead atoms. The Morgan fingerprint density at radius 2 is 2.08 bits per heavy atom. The van der Waals surface area contributed by atoms with Gasteiger partial charge in [0.25, 0.3) is 0 Å². The van der Waals surface area contributed by atoms with E-state index in [-0.39, 0.29) is 6.54 Å². The van der Waals surface area contributed by atoms with Crippen molar-refractivity contribution in [1.82, 2.24) is 10.6 Å². The second-order valence-corrected chi connectivity index (χ2v) is 2.83. The maximum absolute atomic E-state index is 12.5. The topological polar surface area (TPSA) is 50.1 Å². The van der Waals surface area contributed by atoms with E-state index in [0.717, 1.165) is 26.1 Å². The van der Waals surface area contributed by atoms with Crippen LogP contribution in [0.2, 0.25) is 0 Å². The molecule has 0 aliphatic rings. The first kappa shape index (κ1) is 11.8. The van der Waals surface area contributed by atoms with Gasteiger partial charge in [0.15, 0.2) is 0 Å². The number of hydrogen-bond donors (Lipinski definition) is 3. The molecule has 0 spiro atoms. The van der Waals surface area contributed by atoms with Crippen molar-refractivity contribution in [3.8, 4) is 0 Å². The van der Waals surface area contributed by atoms with E-state index < -0.39 is 6.17 Å². The number of alkyl halides is 1. The maximum Gasteiger partial charge on any atom is 0.113 e. The second-order valence-electron chi connectivity index (χ2n) is 2.83. The quantitative estimate of drug-likeness (QED) is 0.453. The fourth-order valence-corrected chi connectivity index (χ4v) is 0.892. The maximum atomic E-state index is 12.5. The van der Waals surface area contributed by atoms with Crippen LogP contribution in [0.3, 0.4) is 0 Å². The van der Waals surface area contributed by atoms with E-state index in [1.165, 1.54) is 0 Å². The zero-order valence-electron chi connectivity index (χ0n) is 7.78. The summed E-state index contributed by atoms with van der Waals surface area (Å²) in [4.78, 5) is 0. The van der Waals surface area contributed by atoms with Crippen LogP contribution in [0.25, 0.3) is 0 Å². The fourth-order valence-electron chi connectivity index (χ4n) is 0.892. The third-order valence-corrected chi connectivity index (χ3v) is 1.67. The highest BCUT2D eigenvalue weighted by Crippen LogP contribution is 1.92. The lowest BCUT2D eigenvalue weighted by Crippen LogP contribution is -2.25. The van der Waals surface area contributed by atoms with Crippen LogP contribution in [0.15, 0.2) is 0 Å². The zero-order chi connectivity index (χ0) is 9.23. The Labute approximate surface area is 73.9 Å². The monoisotopic (exact) mass is 177 g/mol. The van der Waals surface area contributed by atoms with Crippen molar-refractivity contribution in [1.29, 1.82) is 0 Å². The number of hydrogen-bond acceptors (Lipinski definition) is 3. The van der Waals surface area contributed by atoms with Crippen molar-refractivity contribution in [2.24, 2.45) is 5.73 Å². The van der Waals surface area contributed by atoms with Crippen LogP contribution in [-0.2, 0) is 0 Å². The van der Waals surface area contributed by atoms with Gasteiger partial charge in [0.2, 0.25) is 0 Å². The molecule has 0 aromatic carbocycles. The van der Waals surface area contributed by atoms with Crippen LogP contribution in [0.1, 0.15) is 12.8 Å². The molecule has 0 rings (SSSR count). The minimum absolute atomic E-state index is 0.137. The molecule has 12 heavy (non-hydrogen) atoms. The predicted octanol–water partition coefficient (Wildman–Crippen LogP) is -0.128. The average Bonchev–Trinajstić information content (AvgIpc) is 2.10. The Hall–Kier alpha value is -0.190. The molecule has 0 saturated heterocycles. The summed E-state index contributed by atoms with van der Waals surface area (Å²) in [6.45, 7) is 2.81. The van der Waals surface area contributed by atoms with Crippen molar-refractivity contribution in [2.45, 2.75) is 19.0 Å². The Morgan fingerprint density at radius 3 is 2.67 bits per heavy atom. The first-order chi connectivity index (χ1) is 5.81. The van der Waals surface area contributed by atoms with Crippen molar-refractivity contribution in [3.05, 3.63) is 0 Å². The molecule has 1 unspecified atom stereocenters. The predicted molar refractivity (Wildman–Crippen MR) is 50.0 cm³/mol. The van der Waals surface area contributed by atoms with Crippen molar-refractivity contribution in [2.75, 3.05) is 33.2 Å². The molecule has 4 heteroatoms. The molecule has 3 nitrogen and oxygen atoms in total. The third-order valence-electron chi connectivity index (χ3n) is 1.67. The molecule has 0 heterocycles. The van der Waals surface area contributed by atoms with Gasteiger partial charge in [-0.2, -0.15) is 0 Å². The van der Waals surface area contributed by atoms with Crippen LogP contribution >= 0.6 is 0 Å². The van der Waals surface area contributed by atoms with Gasteiger partial charge in [-0.1, -0.05) is 0 Å². The van der Waals surface area contributed by atoms with E-state index in [1.54, 1.807) is 0 Å². The van der Waals surface area contributed by atoms with E-state index in [4.69, 9.17) is 5.73 Å². The Kier molecular flexibility index (Phi) is 8.76. The van der Waals surface area contributed by atoms with Crippen LogP contribution < -0.4 is 16.4 Å². The number of halogens is 1. The van der Waals surface area contributed by atoms with Gasteiger partial charge in [-0.25, -0.2) is 4.39 Å². The molecule has 0 aromatic heterocycles. The molecular formula is C8H20FN3. The third kappa shape index (κ3) is 7.91. The summed E-state index contributed by atoms with van der Waals surface area (Å²) in [5.41, 5.74) is 5.12. The molecule has 0 fully saturated rings. The molecule has 74 valence electrons. The Balaban J connectivity index is 2.90. The van der Waals surface area contributed by atoms with Crippen molar-refractivity contribution in [3.63, 3.8) is 0 Å². The summed E-state index contributed by atoms with van der Waals surface area (Å²) in [6.07, 6.45) is 0.758. The zero-order valence-corrected chi connectivity index (χ0v) is 7.78. The van der Waals surface area contributed by atoms with Crippen LogP contribution in [0.4, 0.5) is 4.39 Å². The Morgan fingerprint density at radius 1 is 1.33 bits per heavy atom. The number of nitrogens with two attached hydrogens (primary N) is 1. The van der Waals surface area contributed by atoms with Gasteiger partial charge < -0.3 is 16.4 Å². The molecule has 0 saturated carbocycles. The summed E-state index contributed by atoms with van der Waals surface area (Å²) in [6, 6.07) is 0.